The van der Waals surface area contributed by atoms with Gasteiger partial charge in [-0.25, -0.2) is 0 Å². The summed E-state index contributed by atoms with van der Waals surface area (Å²) in [6, 6.07) is 5.64. The fourth-order valence-corrected chi connectivity index (χ4v) is 6.27. The maximum Gasteiger partial charge on any atom is 0.318 e. The Hall–Kier alpha value is -1.47. The first-order valence-electron chi connectivity index (χ1n) is 8.84. The lowest BCUT2D eigenvalue weighted by Crippen LogP contribution is -2.42. The van der Waals surface area contributed by atoms with Crippen LogP contribution in [-0.4, -0.2) is 21.9 Å². The second kappa shape index (κ2) is 6.01. The number of benzene rings is 1. The normalized spacial score (nSPS) is 30.2. The molecule has 4 rings (SSSR count). The summed E-state index contributed by atoms with van der Waals surface area (Å²) < 4.78 is 7.53. The smallest absolute Gasteiger partial charge is 0.318 e. The van der Waals surface area contributed by atoms with Gasteiger partial charge in [0.15, 0.2) is 5.75 Å². The highest BCUT2D eigenvalue weighted by molar-refractivity contribution is 9.11. The number of carbonyl (C=O) groups excluding carboxylic acids is 1. The van der Waals surface area contributed by atoms with Crippen LogP contribution in [0.1, 0.15) is 40.0 Å². The third-order valence-corrected chi connectivity index (χ3v) is 8.44. The van der Waals surface area contributed by atoms with Gasteiger partial charge in [-0.1, -0.05) is 47.9 Å². The molecule has 2 atom stereocenters. The standard InChI is InChI=1S/C20H20Br2N2O3/c1-18(2)19(3)6-7-20(18,10-14(19)24-26)17(25)27-16-13(22)9-12(21)11-5-4-8-23-15(11)16/h4-5,8-9,26H,6-7,10H2,1-3H3/b24-14+. The van der Waals surface area contributed by atoms with Crippen LogP contribution >= 0.6 is 31.9 Å². The number of aromatic nitrogens is 1. The second-order valence-corrected chi connectivity index (χ2v) is 9.93. The Morgan fingerprint density at radius 3 is 2.67 bits per heavy atom. The van der Waals surface area contributed by atoms with E-state index in [1.54, 1.807) is 6.20 Å². The van der Waals surface area contributed by atoms with Crippen LogP contribution < -0.4 is 4.74 Å². The van der Waals surface area contributed by atoms with Crippen molar-refractivity contribution in [2.24, 2.45) is 21.4 Å². The molecule has 2 aliphatic carbocycles. The van der Waals surface area contributed by atoms with Crippen molar-refractivity contribution >= 4 is 54.4 Å². The summed E-state index contributed by atoms with van der Waals surface area (Å²) in [5.41, 5.74) is -0.0803. The van der Waals surface area contributed by atoms with Gasteiger partial charge in [-0.2, -0.15) is 0 Å². The summed E-state index contributed by atoms with van der Waals surface area (Å²) in [6.45, 7) is 6.23. The fraction of sp³-hybridized carbons (Fsp3) is 0.450. The topological polar surface area (TPSA) is 71.8 Å². The number of esters is 1. The van der Waals surface area contributed by atoms with Crippen molar-refractivity contribution in [3.8, 4) is 5.75 Å². The molecule has 7 heteroatoms. The molecule has 5 nitrogen and oxygen atoms in total. The number of fused-ring (bicyclic) bond motifs is 3. The number of ether oxygens (including phenoxy) is 1. The summed E-state index contributed by atoms with van der Waals surface area (Å²) in [5, 5.41) is 13.9. The van der Waals surface area contributed by atoms with Gasteiger partial charge in [0.25, 0.3) is 0 Å². The molecule has 1 aromatic heterocycles. The number of rotatable bonds is 2. The number of pyridine rings is 1. The molecule has 0 radical (unpaired) electrons. The summed E-state index contributed by atoms with van der Waals surface area (Å²) in [4.78, 5) is 17.9. The molecule has 1 aromatic carbocycles. The fourth-order valence-electron chi connectivity index (χ4n) is 4.92. The Balaban J connectivity index is 1.80. The monoisotopic (exact) mass is 494 g/mol. The average Bonchev–Trinajstić information content (AvgIpc) is 2.95. The molecule has 2 bridgehead atoms. The lowest BCUT2D eigenvalue weighted by molar-refractivity contribution is -0.151. The molecule has 0 saturated heterocycles. The molecule has 142 valence electrons. The van der Waals surface area contributed by atoms with E-state index < -0.39 is 5.41 Å². The van der Waals surface area contributed by atoms with E-state index in [0.717, 1.165) is 16.3 Å². The Morgan fingerprint density at radius 2 is 2.00 bits per heavy atom. The predicted octanol–water partition coefficient (Wildman–Crippen LogP) is 5.71. The second-order valence-electron chi connectivity index (χ2n) is 8.22. The van der Waals surface area contributed by atoms with Crippen LogP contribution in [0.5, 0.6) is 5.75 Å². The number of halogens is 2. The zero-order valence-corrected chi connectivity index (χ0v) is 18.5. The third kappa shape index (κ3) is 2.30. The number of hydrogen-bond acceptors (Lipinski definition) is 5. The minimum Gasteiger partial charge on any atom is -0.423 e. The van der Waals surface area contributed by atoms with Crippen molar-refractivity contribution in [3.63, 3.8) is 0 Å². The third-order valence-electron chi connectivity index (χ3n) is 7.19. The zero-order chi connectivity index (χ0) is 19.6. The first-order chi connectivity index (χ1) is 12.7. The van der Waals surface area contributed by atoms with Gasteiger partial charge in [0.1, 0.15) is 5.52 Å². The van der Waals surface area contributed by atoms with E-state index in [4.69, 9.17) is 4.74 Å². The molecular formula is C20H20Br2N2O3. The molecule has 27 heavy (non-hydrogen) atoms. The SMILES string of the molecule is CC12CCC(C(=O)Oc3c(Br)cc(Br)c4cccnc34)(C/C1=N\O)C2(C)C. The van der Waals surface area contributed by atoms with Gasteiger partial charge in [0.2, 0.25) is 0 Å². The van der Waals surface area contributed by atoms with E-state index >= 15 is 0 Å². The van der Waals surface area contributed by atoms with E-state index in [9.17, 15) is 10.0 Å². The number of oxime groups is 1. The molecule has 1 N–H and O–H groups in total. The van der Waals surface area contributed by atoms with Crippen molar-refractivity contribution in [3.05, 3.63) is 33.3 Å². The van der Waals surface area contributed by atoms with E-state index in [-0.39, 0.29) is 16.8 Å². The molecule has 0 spiro atoms. The lowest BCUT2D eigenvalue weighted by Gasteiger charge is -2.38. The molecule has 0 amide bonds. The predicted molar refractivity (Wildman–Crippen MR) is 110 cm³/mol. The zero-order valence-electron chi connectivity index (χ0n) is 15.3. The van der Waals surface area contributed by atoms with Crippen LogP contribution in [0.15, 0.2) is 38.5 Å². The van der Waals surface area contributed by atoms with Gasteiger partial charge < -0.3 is 9.94 Å². The largest absolute Gasteiger partial charge is 0.423 e. The Morgan fingerprint density at radius 1 is 1.26 bits per heavy atom. The summed E-state index contributed by atoms with van der Waals surface area (Å²) >= 11 is 7.04. The van der Waals surface area contributed by atoms with Crippen LogP contribution in [0.3, 0.4) is 0 Å². The molecule has 2 fully saturated rings. The summed E-state index contributed by atoms with van der Waals surface area (Å²) in [5.74, 6) is 0.136. The van der Waals surface area contributed by atoms with Gasteiger partial charge in [-0.05, 0) is 46.3 Å². The van der Waals surface area contributed by atoms with Crippen LogP contribution in [0.25, 0.3) is 10.9 Å². The quantitative estimate of drug-likeness (QED) is 0.250. The minimum atomic E-state index is -0.711. The highest BCUT2D eigenvalue weighted by atomic mass is 79.9. The van der Waals surface area contributed by atoms with Crippen LogP contribution in [0.2, 0.25) is 0 Å². The van der Waals surface area contributed by atoms with E-state index in [1.807, 2.05) is 18.2 Å². The van der Waals surface area contributed by atoms with Crippen molar-refractivity contribution in [2.75, 3.05) is 0 Å². The maximum absolute atomic E-state index is 13.5. The molecular weight excluding hydrogens is 476 g/mol. The summed E-state index contributed by atoms with van der Waals surface area (Å²) in [7, 11) is 0. The van der Waals surface area contributed by atoms with Crippen molar-refractivity contribution in [2.45, 2.75) is 40.0 Å². The Labute approximate surface area is 174 Å². The first kappa shape index (κ1) is 18.9. The van der Waals surface area contributed by atoms with Crippen LogP contribution in [0.4, 0.5) is 0 Å². The lowest BCUT2D eigenvalue weighted by atomic mass is 9.65. The van der Waals surface area contributed by atoms with Crippen molar-refractivity contribution in [1.82, 2.24) is 4.98 Å². The van der Waals surface area contributed by atoms with Gasteiger partial charge in [0.05, 0.1) is 15.6 Å². The highest BCUT2D eigenvalue weighted by Crippen LogP contribution is 2.71. The van der Waals surface area contributed by atoms with Crippen LogP contribution in [-0.2, 0) is 4.79 Å². The van der Waals surface area contributed by atoms with E-state index in [2.05, 4.69) is 62.8 Å². The minimum absolute atomic E-state index is 0.287. The van der Waals surface area contributed by atoms with Gasteiger partial charge >= 0.3 is 5.97 Å². The van der Waals surface area contributed by atoms with E-state index in [0.29, 0.717) is 34.3 Å². The van der Waals surface area contributed by atoms with Gasteiger partial charge in [-0.15, -0.1) is 0 Å². The van der Waals surface area contributed by atoms with Gasteiger partial charge in [-0.3, -0.25) is 9.78 Å². The molecule has 1 heterocycles. The van der Waals surface area contributed by atoms with Crippen molar-refractivity contribution < 1.29 is 14.7 Å². The van der Waals surface area contributed by atoms with Crippen molar-refractivity contribution in [1.29, 1.82) is 0 Å². The number of carbonyl (C=O) groups is 1. The first-order valence-corrected chi connectivity index (χ1v) is 10.4. The number of nitrogens with zero attached hydrogens (tertiary/aromatic N) is 2. The van der Waals surface area contributed by atoms with Gasteiger partial charge in [0, 0.05) is 27.9 Å². The average molecular weight is 496 g/mol. The maximum atomic E-state index is 13.5. The summed E-state index contributed by atoms with van der Waals surface area (Å²) in [6.07, 6.45) is 3.62. The van der Waals surface area contributed by atoms with Crippen LogP contribution in [0, 0.1) is 16.2 Å². The Kier molecular flexibility index (Phi) is 4.20. The molecule has 2 unspecified atom stereocenters. The molecule has 2 aromatic rings. The van der Waals surface area contributed by atoms with E-state index in [1.165, 1.54) is 0 Å². The molecule has 0 aliphatic heterocycles. The molecule has 2 saturated carbocycles. The molecule has 2 aliphatic rings. The Bertz CT molecular complexity index is 1000. The highest BCUT2D eigenvalue weighted by Gasteiger charge is 2.72. The number of hydrogen-bond donors (Lipinski definition) is 1.